The Bertz CT molecular complexity index is 1230. The summed E-state index contributed by atoms with van der Waals surface area (Å²) in [5.41, 5.74) is 4.52. The lowest BCUT2D eigenvalue weighted by Crippen LogP contribution is -2.11. The molecule has 0 atom stereocenters. The Kier molecular flexibility index (Phi) is 6.18. The molecule has 2 heterocycles. The predicted octanol–water partition coefficient (Wildman–Crippen LogP) is 4.39. The van der Waals surface area contributed by atoms with E-state index in [1.807, 2.05) is 44.4 Å². The summed E-state index contributed by atoms with van der Waals surface area (Å²) >= 11 is 0. The third kappa shape index (κ3) is 4.63. The highest BCUT2D eigenvalue weighted by molar-refractivity contribution is 5.98. The number of benzene rings is 2. The van der Waals surface area contributed by atoms with Crippen molar-refractivity contribution in [2.75, 3.05) is 28.3 Å². The number of oxazole rings is 1. The van der Waals surface area contributed by atoms with Crippen LogP contribution in [0, 0.1) is 0 Å². The van der Waals surface area contributed by atoms with E-state index in [1.54, 1.807) is 38.6 Å². The smallest absolute Gasteiger partial charge is 0.228 e. The first kappa shape index (κ1) is 21.5. The van der Waals surface area contributed by atoms with Crippen molar-refractivity contribution >= 4 is 17.0 Å². The molecule has 0 saturated heterocycles. The predicted molar refractivity (Wildman–Crippen MR) is 122 cm³/mol. The van der Waals surface area contributed by atoms with Gasteiger partial charge < -0.3 is 18.8 Å². The van der Waals surface area contributed by atoms with E-state index >= 15 is 0 Å². The van der Waals surface area contributed by atoms with Crippen molar-refractivity contribution in [3.63, 3.8) is 0 Å². The van der Waals surface area contributed by atoms with Crippen molar-refractivity contribution in [2.45, 2.75) is 13.0 Å². The van der Waals surface area contributed by atoms with Gasteiger partial charge in [0.1, 0.15) is 0 Å². The van der Waals surface area contributed by atoms with E-state index in [9.17, 15) is 4.79 Å². The van der Waals surface area contributed by atoms with Gasteiger partial charge in [-0.2, -0.15) is 4.98 Å². The molecule has 0 aliphatic rings. The molecule has 32 heavy (non-hydrogen) atoms. The molecule has 0 spiro atoms. The van der Waals surface area contributed by atoms with E-state index in [2.05, 4.69) is 14.9 Å². The summed E-state index contributed by atoms with van der Waals surface area (Å²) in [5.74, 6) is 1.58. The topological polar surface area (TPSA) is 77.7 Å². The summed E-state index contributed by atoms with van der Waals surface area (Å²) in [4.78, 5) is 23.9. The van der Waals surface area contributed by atoms with Crippen LogP contribution in [0.4, 0.5) is 0 Å². The van der Waals surface area contributed by atoms with Gasteiger partial charge in [0.15, 0.2) is 28.5 Å². The van der Waals surface area contributed by atoms with Crippen LogP contribution < -0.4 is 9.47 Å². The van der Waals surface area contributed by atoms with E-state index in [4.69, 9.17) is 13.9 Å². The highest BCUT2D eigenvalue weighted by Gasteiger charge is 2.15. The van der Waals surface area contributed by atoms with Gasteiger partial charge in [0.2, 0.25) is 5.89 Å². The molecule has 0 N–H and O–H groups in total. The van der Waals surface area contributed by atoms with Gasteiger partial charge in [0.05, 0.1) is 14.2 Å². The minimum absolute atomic E-state index is 0.0156. The Morgan fingerprint density at radius 3 is 2.50 bits per heavy atom. The summed E-state index contributed by atoms with van der Waals surface area (Å²) in [7, 11) is 7.13. The minimum Gasteiger partial charge on any atom is -0.493 e. The lowest BCUT2D eigenvalue weighted by atomic mass is 9.98. The van der Waals surface area contributed by atoms with Crippen LogP contribution in [0.5, 0.6) is 11.5 Å². The first-order valence-corrected chi connectivity index (χ1v) is 10.2. The van der Waals surface area contributed by atoms with Crippen LogP contribution in [0.3, 0.4) is 0 Å². The van der Waals surface area contributed by atoms with Gasteiger partial charge in [0.25, 0.3) is 0 Å². The standard InChI is InChI=1S/C25H25N3O4/c1-28(2)15-17-10-16(13-20(29)18-7-8-21(30-3)23(14-18)31-4)11-19(12-17)25-27-24-22(32-25)6-5-9-26-24/h5-12,14H,13,15H2,1-4H3. The zero-order valence-electron chi connectivity index (χ0n) is 18.6. The number of pyridine rings is 1. The fourth-order valence-corrected chi connectivity index (χ4v) is 3.63. The van der Waals surface area contributed by atoms with Crippen LogP contribution in [0.25, 0.3) is 22.7 Å². The molecule has 0 aliphatic heterocycles. The second kappa shape index (κ2) is 9.20. The summed E-state index contributed by atoms with van der Waals surface area (Å²) < 4.78 is 16.5. The number of ketones is 1. The quantitative estimate of drug-likeness (QED) is 0.383. The number of aromatic nitrogens is 2. The molecule has 0 amide bonds. The second-order valence-corrected chi connectivity index (χ2v) is 7.79. The molecule has 4 rings (SSSR count). The van der Waals surface area contributed by atoms with Crippen molar-refractivity contribution in [1.29, 1.82) is 0 Å². The van der Waals surface area contributed by atoms with E-state index in [0.29, 0.717) is 34.2 Å². The molecule has 2 aromatic carbocycles. The normalized spacial score (nSPS) is 11.2. The number of Topliss-reactive ketones (excluding diaryl/α,β-unsaturated/α-hetero) is 1. The highest BCUT2D eigenvalue weighted by Crippen LogP contribution is 2.29. The summed E-state index contributed by atoms with van der Waals surface area (Å²) in [6.07, 6.45) is 1.92. The summed E-state index contributed by atoms with van der Waals surface area (Å²) in [5, 5.41) is 0. The van der Waals surface area contributed by atoms with Crippen molar-refractivity contribution in [3.05, 3.63) is 71.4 Å². The number of hydrogen-bond acceptors (Lipinski definition) is 7. The van der Waals surface area contributed by atoms with Crippen molar-refractivity contribution in [1.82, 2.24) is 14.9 Å². The number of hydrogen-bond donors (Lipinski definition) is 0. The first-order chi connectivity index (χ1) is 15.5. The third-order valence-corrected chi connectivity index (χ3v) is 5.03. The van der Waals surface area contributed by atoms with E-state index < -0.39 is 0 Å². The molecule has 0 unspecified atom stereocenters. The molecular formula is C25H25N3O4. The Balaban J connectivity index is 1.68. The molecular weight excluding hydrogens is 406 g/mol. The average Bonchev–Trinajstić information content (AvgIpc) is 3.22. The lowest BCUT2D eigenvalue weighted by molar-refractivity contribution is 0.0992. The molecule has 164 valence electrons. The van der Waals surface area contributed by atoms with Gasteiger partial charge in [-0.3, -0.25) is 4.79 Å². The average molecular weight is 431 g/mol. The van der Waals surface area contributed by atoms with Gasteiger partial charge in [-0.1, -0.05) is 6.07 Å². The van der Waals surface area contributed by atoms with E-state index in [0.717, 1.165) is 23.2 Å². The Labute approximate surface area is 186 Å². The van der Waals surface area contributed by atoms with Crippen molar-refractivity contribution in [3.8, 4) is 23.0 Å². The number of methoxy groups -OCH3 is 2. The second-order valence-electron chi connectivity index (χ2n) is 7.79. The first-order valence-electron chi connectivity index (χ1n) is 10.2. The SMILES string of the molecule is COc1ccc(C(=O)Cc2cc(CN(C)C)cc(-c3nc4ncccc4o3)c2)cc1OC. The summed E-state index contributed by atoms with van der Waals surface area (Å²) in [6.45, 7) is 0.726. The fourth-order valence-electron chi connectivity index (χ4n) is 3.63. The molecule has 0 saturated carbocycles. The van der Waals surface area contributed by atoms with Gasteiger partial charge in [-0.25, -0.2) is 4.98 Å². The largest absolute Gasteiger partial charge is 0.493 e. The zero-order valence-corrected chi connectivity index (χ0v) is 18.6. The lowest BCUT2D eigenvalue weighted by Gasteiger charge is -2.13. The number of fused-ring (bicyclic) bond motifs is 1. The molecule has 0 bridgehead atoms. The van der Waals surface area contributed by atoms with Gasteiger partial charge in [-0.05, 0) is 67.7 Å². The van der Waals surface area contributed by atoms with Crippen LogP contribution >= 0.6 is 0 Å². The number of rotatable bonds is 8. The number of carbonyl (C=O) groups is 1. The molecule has 7 heteroatoms. The van der Waals surface area contributed by atoms with Gasteiger partial charge in [0, 0.05) is 30.3 Å². The Hall–Kier alpha value is -3.71. The van der Waals surface area contributed by atoms with E-state index in [1.165, 1.54) is 0 Å². The fraction of sp³-hybridized carbons (Fsp3) is 0.240. The highest BCUT2D eigenvalue weighted by atomic mass is 16.5. The molecule has 0 aliphatic carbocycles. The Morgan fingerprint density at radius 1 is 1.00 bits per heavy atom. The van der Waals surface area contributed by atoms with Gasteiger partial charge >= 0.3 is 0 Å². The maximum atomic E-state index is 13.0. The van der Waals surface area contributed by atoms with Crippen LogP contribution in [-0.4, -0.2) is 49.0 Å². The van der Waals surface area contributed by atoms with Crippen LogP contribution in [0.2, 0.25) is 0 Å². The number of ether oxygens (including phenoxy) is 2. The number of nitrogens with zero attached hydrogens (tertiary/aromatic N) is 3. The van der Waals surface area contributed by atoms with Crippen molar-refractivity contribution in [2.24, 2.45) is 0 Å². The van der Waals surface area contributed by atoms with Crippen molar-refractivity contribution < 1.29 is 18.7 Å². The zero-order chi connectivity index (χ0) is 22.7. The molecule has 0 fully saturated rings. The van der Waals surface area contributed by atoms with Crippen LogP contribution in [0.1, 0.15) is 21.5 Å². The monoisotopic (exact) mass is 431 g/mol. The minimum atomic E-state index is -0.0156. The number of carbonyl (C=O) groups excluding carboxylic acids is 1. The molecule has 7 nitrogen and oxygen atoms in total. The molecule has 4 aromatic rings. The van der Waals surface area contributed by atoms with E-state index in [-0.39, 0.29) is 12.2 Å². The maximum Gasteiger partial charge on any atom is 0.228 e. The molecule has 0 radical (unpaired) electrons. The molecule has 2 aromatic heterocycles. The third-order valence-electron chi connectivity index (χ3n) is 5.03. The summed E-state index contributed by atoms with van der Waals surface area (Å²) in [6, 6.07) is 14.9. The Morgan fingerprint density at radius 2 is 1.78 bits per heavy atom. The van der Waals surface area contributed by atoms with Crippen LogP contribution in [-0.2, 0) is 13.0 Å². The van der Waals surface area contributed by atoms with Crippen LogP contribution in [0.15, 0.2) is 59.1 Å². The maximum absolute atomic E-state index is 13.0. The van der Waals surface area contributed by atoms with Gasteiger partial charge in [-0.15, -0.1) is 0 Å².